The van der Waals surface area contributed by atoms with E-state index in [-0.39, 0.29) is 22.5 Å². The van der Waals surface area contributed by atoms with Gasteiger partial charge < -0.3 is 18.3 Å². The topological polar surface area (TPSA) is 43.5 Å². The zero-order chi connectivity index (χ0) is 86.4. The lowest BCUT2D eigenvalue weighted by Crippen LogP contribution is -2.16. The number of alkyl halides is 3. The van der Waals surface area contributed by atoms with E-state index in [1.807, 2.05) is 38.3 Å². The Balaban J connectivity index is 0.000000185. The molecule has 0 N–H and O–H groups in total. The van der Waals surface area contributed by atoms with Crippen LogP contribution in [0.4, 0.5) is 30.7 Å². The Morgan fingerprint density at radius 3 is 0.602 bits per heavy atom. The van der Waals surface area contributed by atoms with Crippen molar-refractivity contribution in [2.75, 3.05) is 0 Å². The smallest absolute Gasteiger partial charge is 0.307 e. The van der Waals surface area contributed by atoms with Crippen molar-refractivity contribution >= 4 is 87.2 Å². The van der Waals surface area contributed by atoms with Crippen molar-refractivity contribution in [3.05, 3.63) is 273 Å². The van der Waals surface area contributed by atoms with E-state index in [9.17, 15) is 5.26 Å². The Kier molecular flexibility index (Phi) is 19.4. The van der Waals surface area contributed by atoms with Gasteiger partial charge in [-0.15, -0.1) is 0 Å². The Morgan fingerprint density at radius 2 is 0.390 bits per heavy atom. The number of nitriles is 1. The monoisotopic (exact) mass is 1580 g/mol. The first-order valence-corrected chi connectivity index (χ1v) is 41.0. The third-order valence-corrected chi connectivity index (χ3v) is 30.0. The molecule has 0 bridgehead atoms. The van der Waals surface area contributed by atoms with Crippen LogP contribution in [0.3, 0.4) is 0 Å². The van der Waals surface area contributed by atoms with Gasteiger partial charge in [-0.1, -0.05) is 0 Å². The van der Waals surface area contributed by atoms with E-state index in [0.29, 0.717) is 16.7 Å². The van der Waals surface area contributed by atoms with Gasteiger partial charge in [0.25, 0.3) is 0 Å². The van der Waals surface area contributed by atoms with Crippen LogP contribution >= 0.6 is 0 Å². The van der Waals surface area contributed by atoms with Gasteiger partial charge in [0, 0.05) is 55.2 Å². The molecule has 0 saturated heterocycles. The molecule has 118 heavy (non-hydrogen) atoms. The van der Waals surface area contributed by atoms with Crippen LogP contribution < -0.4 is 0 Å². The fourth-order valence-electron chi connectivity index (χ4n) is 20.5. The Labute approximate surface area is 689 Å². The maximum absolute atomic E-state index is 16.5. The van der Waals surface area contributed by atoms with Gasteiger partial charge in [-0.3, -0.25) is 0 Å². The molecule has 0 atom stereocenters. The van der Waals surface area contributed by atoms with Gasteiger partial charge in [-0.05, 0) is 470 Å². The number of fused-ring (bicyclic) bond motifs is 12. The number of benzene rings is 12. The van der Waals surface area contributed by atoms with Gasteiger partial charge in [0.2, 0.25) is 0 Å². The highest BCUT2D eigenvalue weighted by molar-refractivity contribution is 6.21. The van der Waals surface area contributed by atoms with E-state index in [2.05, 4.69) is 220 Å². The number of aryl methyl sites for hydroxylation is 16. The molecule has 5 nitrogen and oxygen atoms in total. The van der Waals surface area contributed by atoms with Crippen molar-refractivity contribution in [3.8, 4) is 51.1 Å². The molecule has 12 heteroatoms. The van der Waals surface area contributed by atoms with Crippen LogP contribution in [0.5, 0.6) is 0 Å². The largest absolute Gasteiger partial charge is 0.418 e. The Bertz CT molecular complexity index is 7030. The van der Waals surface area contributed by atoms with E-state index < -0.39 is 35.0 Å². The molecule has 0 radical (unpaired) electrons. The second kappa shape index (κ2) is 28.0. The number of aromatic nitrogens is 4. The summed E-state index contributed by atoms with van der Waals surface area (Å²) in [6.07, 6.45) is -4.89. The molecule has 0 aliphatic rings. The summed E-state index contributed by atoms with van der Waals surface area (Å²) < 4.78 is 119. The maximum atomic E-state index is 16.5. The summed E-state index contributed by atoms with van der Waals surface area (Å²) in [5, 5.41) is 20.1. The second-order valence-electron chi connectivity index (χ2n) is 34.8. The molecule has 0 amide bonds. The van der Waals surface area contributed by atoms with Crippen molar-refractivity contribution in [2.45, 2.75) is 228 Å². The van der Waals surface area contributed by atoms with Gasteiger partial charge >= 0.3 is 6.18 Å². The summed E-state index contributed by atoms with van der Waals surface area (Å²) >= 11 is 0. The predicted molar refractivity (Wildman–Crippen MR) is 482 cm³/mol. The van der Waals surface area contributed by atoms with Crippen LogP contribution in [0.2, 0.25) is 0 Å². The fraction of sp³-hybridized carbons (Fsp3) is 0.311. The Morgan fingerprint density at radius 1 is 0.212 bits per heavy atom. The van der Waals surface area contributed by atoms with E-state index in [1.165, 1.54) is 100 Å². The molecule has 16 rings (SSSR count). The number of halogens is 7. The lowest BCUT2D eigenvalue weighted by molar-refractivity contribution is -0.137. The number of hydrogen-bond acceptors (Lipinski definition) is 1. The van der Waals surface area contributed by atoms with E-state index in [1.54, 1.807) is 6.07 Å². The first-order valence-electron chi connectivity index (χ1n) is 41.0. The van der Waals surface area contributed by atoms with Crippen LogP contribution in [0.25, 0.3) is 132 Å². The van der Waals surface area contributed by atoms with Crippen LogP contribution in [0.1, 0.15) is 189 Å². The number of nitrogens with zero attached hydrogens (tertiary/aromatic N) is 5. The summed E-state index contributed by atoms with van der Waals surface area (Å²) in [6, 6.07) is 15.9. The average molecular weight is 1580 g/mol. The molecule has 12 aromatic carbocycles. The minimum absolute atomic E-state index is 0.0191. The minimum atomic E-state index is -4.89. The van der Waals surface area contributed by atoms with Crippen LogP contribution in [0.15, 0.2) is 60.7 Å². The molecule has 0 unspecified atom stereocenters. The van der Waals surface area contributed by atoms with Crippen LogP contribution in [0, 0.1) is 256 Å². The fourth-order valence-corrected chi connectivity index (χ4v) is 20.5. The summed E-state index contributed by atoms with van der Waals surface area (Å²) in [6.45, 7) is 68.5. The summed E-state index contributed by atoms with van der Waals surface area (Å²) in [5.74, 6) is -3.07. The molecular weight excluding hydrogens is 1480 g/mol. The molecule has 0 aliphatic heterocycles. The highest BCUT2D eigenvalue weighted by Gasteiger charge is 2.41. The Hall–Kier alpha value is -11.2. The SMILES string of the molecule is Cc1c(C)c(C)c2c(c1C)c1c(C)c(C)c(C)c(C)c1n2-c1cc(-c2cc(F)cc(F)c2)cc(C#N)c1-n1c2c(C)c(C)c(C)c(C)c2c2c(C)c(C)c(C)c(C)c21.Cc1c(C)c(C)c2c(c1C)c1c(C)c(C)c(C)c(C)c1n2-c1cc(-c2cc(F)cc(F)c2)cc(C(F)(F)F)c1-n1c2c(C)c(C)c(C)c(C)c2c2c(C)c(C)c(C)c(C)c21. The van der Waals surface area contributed by atoms with Gasteiger partial charge in [-0.2, -0.15) is 18.4 Å². The zero-order valence-electron chi connectivity index (χ0n) is 74.7. The van der Waals surface area contributed by atoms with Crippen molar-refractivity contribution in [3.63, 3.8) is 0 Å². The lowest BCUT2D eigenvalue weighted by atomic mass is 9.90. The molecule has 0 fully saturated rings. The molecule has 0 spiro atoms. The molecular formula is C106H106F7N5. The highest BCUT2D eigenvalue weighted by atomic mass is 19.4. The van der Waals surface area contributed by atoms with E-state index >= 15 is 30.7 Å². The third kappa shape index (κ3) is 11.3. The molecule has 4 heterocycles. The second-order valence-corrected chi connectivity index (χ2v) is 34.8. The van der Waals surface area contributed by atoms with Crippen molar-refractivity contribution in [1.29, 1.82) is 5.26 Å². The number of rotatable bonds is 6. The van der Waals surface area contributed by atoms with Crippen LogP contribution in [-0.2, 0) is 6.18 Å². The summed E-state index contributed by atoms with van der Waals surface area (Å²) in [4.78, 5) is 0. The summed E-state index contributed by atoms with van der Waals surface area (Å²) in [7, 11) is 0. The zero-order valence-corrected chi connectivity index (χ0v) is 74.7. The average Bonchev–Trinajstić information content (AvgIpc) is 1.53. The third-order valence-electron chi connectivity index (χ3n) is 30.0. The first kappa shape index (κ1) is 82.0. The molecule has 0 aliphatic carbocycles. The van der Waals surface area contributed by atoms with Gasteiger partial charge in [0.05, 0.1) is 78.0 Å². The van der Waals surface area contributed by atoms with Crippen LogP contribution in [-0.4, -0.2) is 18.3 Å². The van der Waals surface area contributed by atoms with Gasteiger partial charge in [-0.25, -0.2) is 17.6 Å². The predicted octanol–water partition coefficient (Wildman–Crippen LogP) is 30.4. The lowest BCUT2D eigenvalue weighted by Gasteiger charge is -2.26. The highest BCUT2D eigenvalue weighted by Crippen LogP contribution is 2.54. The van der Waals surface area contributed by atoms with Gasteiger partial charge in [0.1, 0.15) is 29.3 Å². The van der Waals surface area contributed by atoms with E-state index in [0.717, 1.165) is 219 Å². The van der Waals surface area contributed by atoms with Gasteiger partial charge in [0.15, 0.2) is 0 Å². The summed E-state index contributed by atoms with van der Waals surface area (Å²) in [5.41, 5.74) is 45.7. The van der Waals surface area contributed by atoms with Crippen molar-refractivity contribution in [1.82, 2.24) is 18.3 Å². The first-order chi connectivity index (χ1) is 55.2. The van der Waals surface area contributed by atoms with Crippen molar-refractivity contribution < 1.29 is 30.7 Å². The van der Waals surface area contributed by atoms with Crippen molar-refractivity contribution in [2.24, 2.45) is 0 Å². The maximum Gasteiger partial charge on any atom is 0.418 e. The quantitative estimate of drug-likeness (QED) is 0.153. The van der Waals surface area contributed by atoms with E-state index in [4.69, 9.17) is 0 Å². The number of hydrogen-bond donors (Lipinski definition) is 0. The molecule has 4 aromatic heterocycles. The standard InChI is InChI=1S/C53H53F5N2.C53H53F2N3/c1-22-26(5)34(13)48-44(30(22)9)45-31(10)23(2)27(6)35(14)49(45)59(48)43-20-39(38-17-40(54)21-41(55)18-38)19-42(53(56,57)58)52(43)60-50-36(15)28(7)24(3)32(11)46(50)47-33(12)25(4)29(8)37(16)51(47)60;1-23-27(5)35(13)49-45(31(23)9)46-32(10)24(2)28(6)36(14)50(46)57(49)44-20-39(40-18-42(54)21-43(55)19-40)17-41(22-56)53(44)58-51-37(15)29(7)25(3)33(11)47(51)48-34(12)26(4)30(8)38(16)52(48)58/h17-21H,1-16H3;17-21H,1-16H3. The normalized spacial score (nSPS) is 12.2. The minimum Gasteiger partial charge on any atom is -0.307 e. The molecule has 604 valence electrons. The molecule has 16 aromatic rings. The molecule has 0 saturated carbocycles.